The Labute approximate surface area is 130 Å². The van der Waals surface area contributed by atoms with Crippen LogP contribution in [0.4, 0.5) is 0 Å². The Kier molecular flexibility index (Phi) is 5.77. The standard InChI is InChI=1S/C18H31N3/c1-5-15-9-10-16(20-14-15)13-17(19-4)18(3,6-2)21-11-7-8-12-21/h9-10,14,17,19H,5-8,11-13H2,1-4H3. The smallest absolute Gasteiger partial charge is 0.0420 e. The number of hydrogen-bond donors (Lipinski definition) is 1. The molecule has 1 N–H and O–H groups in total. The van der Waals surface area contributed by atoms with Crippen LogP contribution in [0.15, 0.2) is 18.3 Å². The number of nitrogens with zero attached hydrogens (tertiary/aromatic N) is 2. The van der Waals surface area contributed by atoms with Gasteiger partial charge >= 0.3 is 0 Å². The van der Waals surface area contributed by atoms with E-state index in [4.69, 9.17) is 0 Å². The van der Waals surface area contributed by atoms with Gasteiger partial charge in [0.2, 0.25) is 0 Å². The summed E-state index contributed by atoms with van der Waals surface area (Å²) in [5.74, 6) is 0. The molecule has 0 bridgehead atoms. The number of hydrogen-bond acceptors (Lipinski definition) is 3. The third-order valence-corrected chi connectivity index (χ3v) is 5.35. The largest absolute Gasteiger partial charge is 0.315 e. The van der Waals surface area contributed by atoms with Crippen molar-refractivity contribution in [1.82, 2.24) is 15.2 Å². The fraction of sp³-hybridized carbons (Fsp3) is 0.722. The molecule has 0 aromatic carbocycles. The van der Waals surface area contributed by atoms with Crippen LogP contribution in [0, 0.1) is 0 Å². The average Bonchev–Trinajstić information content (AvgIpc) is 3.07. The summed E-state index contributed by atoms with van der Waals surface area (Å²) in [5, 5.41) is 3.57. The molecule has 0 spiro atoms. The molecule has 1 aliphatic heterocycles. The van der Waals surface area contributed by atoms with E-state index >= 15 is 0 Å². The quantitative estimate of drug-likeness (QED) is 0.836. The van der Waals surface area contributed by atoms with Gasteiger partial charge in [-0.3, -0.25) is 9.88 Å². The summed E-state index contributed by atoms with van der Waals surface area (Å²) in [7, 11) is 2.09. The second-order valence-corrected chi connectivity index (χ2v) is 6.46. The van der Waals surface area contributed by atoms with Gasteiger partial charge in [-0.1, -0.05) is 19.9 Å². The monoisotopic (exact) mass is 289 g/mol. The molecule has 1 aliphatic rings. The molecule has 118 valence electrons. The fourth-order valence-electron chi connectivity index (χ4n) is 3.55. The first-order valence-corrected chi connectivity index (χ1v) is 8.50. The Morgan fingerprint density at radius 2 is 2.00 bits per heavy atom. The minimum Gasteiger partial charge on any atom is -0.315 e. The van der Waals surface area contributed by atoms with Gasteiger partial charge in [0.1, 0.15) is 0 Å². The molecule has 0 saturated carbocycles. The van der Waals surface area contributed by atoms with Crippen molar-refractivity contribution in [3.05, 3.63) is 29.6 Å². The fourth-order valence-corrected chi connectivity index (χ4v) is 3.55. The highest BCUT2D eigenvalue weighted by Crippen LogP contribution is 2.29. The average molecular weight is 289 g/mol. The molecule has 2 atom stereocenters. The second kappa shape index (κ2) is 7.37. The van der Waals surface area contributed by atoms with Gasteiger partial charge in [-0.25, -0.2) is 0 Å². The van der Waals surface area contributed by atoms with Crippen LogP contribution < -0.4 is 5.32 Å². The number of aryl methyl sites for hydroxylation is 1. The van der Waals surface area contributed by atoms with Crippen LogP contribution in [0.25, 0.3) is 0 Å². The van der Waals surface area contributed by atoms with Crippen molar-refractivity contribution < 1.29 is 0 Å². The van der Waals surface area contributed by atoms with Gasteiger partial charge in [0.05, 0.1) is 0 Å². The van der Waals surface area contributed by atoms with Gasteiger partial charge in [-0.05, 0) is 64.4 Å². The van der Waals surface area contributed by atoms with Crippen LogP contribution >= 0.6 is 0 Å². The number of likely N-dealkylation sites (tertiary alicyclic amines) is 1. The zero-order valence-corrected chi connectivity index (χ0v) is 14.2. The van der Waals surface area contributed by atoms with E-state index < -0.39 is 0 Å². The maximum Gasteiger partial charge on any atom is 0.0420 e. The molecular formula is C18H31N3. The molecular weight excluding hydrogens is 258 g/mol. The molecule has 0 amide bonds. The van der Waals surface area contributed by atoms with Gasteiger partial charge in [0, 0.05) is 29.9 Å². The van der Waals surface area contributed by atoms with Gasteiger partial charge in [0.15, 0.2) is 0 Å². The molecule has 3 heteroatoms. The summed E-state index contributed by atoms with van der Waals surface area (Å²) < 4.78 is 0. The van der Waals surface area contributed by atoms with E-state index in [1.54, 1.807) is 0 Å². The summed E-state index contributed by atoms with van der Waals surface area (Å²) in [6, 6.07) is 4.86. The van der Waals surface area contributed by atoms with Crippen molar-refractivity contribution in [3.8, 4) is 0 Å². The summed E-state index contributed by atoms with van der Waals surface area (Å²) >= 11 is 0. The first-order valence-electron chi connectivity index (χ1n) is 8.50. The van der Waals surface area contributed by atoms with E-state index in [1.165, 1.54) is 43.6 Å². The summed E-state index contributed by atoms with van der Waals surface area (Å²) in [6.45, 7) is 9.39. The summed E-state index contributed by atoms with van der Waals surface area (Å²) in [6.07, 6.45) is 7.95. The van der Waals surface area contributed by atoms with E-state index in [0.717, 1.165) is 12.8 Å². The first-order chi connectivity index (χ1) is 10.1. The Morgan fingerprint density at radius 3 is 2.48 bits per heavy atom. The van der Waals surface area contributed by atoms with Crippen LogP contribution in [0.1, 0.15) is 51.3 Å². The normalized spacial score (nSPS) is 20.4. The predicted molar refractivity (Wildman–Crippen MR) is 89.7 cm³/mol. The van der Waals surface area contributed by atoms with Crippen LogP contribution in [-0.4, -0.2) is 41.6 Å². The molecule has 1 aromatic rings. The minimum absolute atomic E-state index is 0.219. The van der Waals surface area contributed by atoms with Gasteiger partial charge in [-0.15, -0.1) is 0 Å². The van der Waals surface area contributed by atoms with Crippen LogP contribution in [0.2, 0.25) is 0 Å². The van der Waals surface area contributed by atoms with Crippen LogP contribution in [0.5, 0.6) is 0 Å². The maximum atomic E-state index is 4.65. The lowest BCUT2D eigenvalue weighted by Gasteiger charge is -2.44. The predicted octanol–water partition coefficient (Wildman–Crippen LogP) is 3.04. The van der Waals surface area contributed by atoms with Crippen LogP contribution in [-0.2, 0) is 12.8 Å². The van der Waals surface area contributed by atoms with Crippen molar-refractivity contribution >= 4 is 0 Å². The van der Waals surface area contributed by atoms with E-state index in [2.05, 4.69) is 55.2 Å². The molecule has 1 saturated heterocycles. The van der Waals surface area contributed by atoms with E-state index in [0.29, 0.717) is 6.04 Å². The van der Waals surface area contributed by atoms with Crippen molar-refractivity contribution in [2.75, 3.05) is 20.1 Å². The zero-order valence-electron chi connectivity index (χ0n) is 14.2. The maximum absolute atomic E-state index is 4.65. The number of aromatic nitrogens is 1. The minimum atomic E-state index is 0.219. The zero-order chi connectivity index (χ0) is 15.3. The molecule has 21 heavy (non-hydrogen) atoms. The summed E-state index contributed by atoms with van der Waals surface area (Å²) in [4.78, 5) is 7.33. The number of pyridine rings is 1. The van der Waals surface area contributed by atoms with Gasteiger partial charge in [-0.2, -0.15) is 0 Å². The number of likely N-dealkylation sites (N-methyl/N-ethyl adjacent to an activating group) is 1. The van der Waals surface area contributed by atoms with E-state index in [-0.39, 0.29) is 5.54 Å². The third kappa shape index (κ3) is 3.64. The molecule has 2 heterocycles. The lowest BCUT2D eigenvalue weighted by Crippen LogP contribution is -2.58. The molecule has 2 unspecified atom stereocenters. The lowest BCUT2D eigenvalue weighted by molar-refractivity contribution is 0.0869. The Hall–Kier alpha value is -0.930. The second-order valence-electron chi connectivity index (χ2n) is 6.46. The van der Waals surface area contributed by atoms with Crippen molar-refractivity contribution in [2.24, 2.45) is 0 Å². The Morgan fingerprint density at radius 1 is 1.29 bits per heavy atom. The van der Waals surface area contributed by atoms with Gasteiger partial charge < -0.3 is 5.32 Å². The molecule has 0 radical (unpaired) electrons. The van der Waals surface area contributed by atoms with Crippen molar-refractivity contribution in [3.63, 3.8) is 0 Å². The van der Waals surface area contributed by atoms with Crippen molar-refractivity contribution in [1.29, 1.82) is 0 Å². The van der Waals surface area contributed by atoms with Crippen LogP contribution in [0.3, 0.4) is 0 Å². The summed E-state index contributed by atoms with van der Waals surface area (Å²) in [5.41, 5.74) is 2.74. The lowest BCUT2D eigenvalue weighted by atomic mass is 9.84. The molecule has 2 rings (SSSR count). The Bertz CT molecular complexity index is 423. The molecule has 3 nitrogen and oxygen atoms in total. The molecule has 1 aromatic heterocycles. The Balaban J connectivity index is 2.12. The number of nitrogens with one attached hydrogen (secondary N) is 1. The highest BCUT2D eigenvalue weighted by atomic mass is 15.2. The first kappa shape index (κ1) is 16.4. The molecule has 1 fully saturated rings. The van der Waals surface area contributed by atoms with E-state index in [1.807, 2.05) is 6.20 Å². The SMILES string of the molecule is CCc1ccc(CC(NC)C(C)(CC)N2CCCC2)nc1. The molecule has 0 aliphatic carbocycles. The highest BCUT2D eigenvalue weighted by molar-refractivity contribution is 5.16. The third-order valence-electron chi connectivity index (χ3n) is 5.35. The van der Waals surface area contributed by atoms with Gasteiger partial charge in [0.25, 0.3) is 0 Å². The van der Waals surface area contributed by atoms with Crippen molar-refractivity contribution in [2.45, 2.75) is 64.5 Å². The van der Waals surface area contributed by atoms with E-state index in [9.17, 15) is 0 Å². The number of rotatable bonds is 7. The highest BCUT2D eigenvalue weighted by Gasteiger charge is 2.38. The topological polar surface area (TPSA) is 28.2 Å².